The van der Waals surface area contributed by atoms with Crippen LogP contribution in [0.1, 0.15) is 68.5 Å². The molecule has 1 unspecified atom stereocenters. The second-order valence-corrected chi connectivity index (χ2v) is 8.12. The summed E-state index contributed by atoms with van der Waals surface area (Å²) in [5.74, 6) is 1.08. The Morgan fingerprint density at radius 1 is 0.920 bits per heavy atom. The Hall–Kier alpha value is -1.06. The number of hydrogen-bond donors (Lipinski definition) is 0. The summed E-state index contributed by atoms with van der Waals surface area (Å²) in [4.78, 5) is 5.31. The predicted octanol–water partition coefficient (Wildman–Crippen LogP) is 4.41. The van der Waals surface area contributed by atoms with E-state index in [-0.39, 0.29) is 0 Å². The van der Waals surface area contributed by atoms with Gasteiger partial charge in [-0.1, -0.05) is 18.9 Å². The first-order chi connectivity index (χ1) is 12.4. The Bertz CT molecular complexity index is 547. The van der Waals surface area contributed by atoms with Crippen LogP contribution in [0.4, 0.5) is 0 Å². The minimum Gasteiger partial charge on any atom is -0.494 e. The summed E-state index contributed by atoms with van der Waals surface area (Å²) >= 11 is 0. The van der Waals surface area contributed by atoms with Crippen LogP contribution in [-0.2, 0) is 6.42 Å². The summed E-state index contributed by atoms with van der Waals surface area (Å²) in [6.07, 6.45) is 12.0. The number of benzene rings is 1. The van der Waals surface area contributed by atoms with Gasteiger partial charge in [0.2, 0.25) is 0 Å². The van der Waals surface area contributed by atoms with E-state index in [4.69, 9.17) is 4.74 Å². The highest BCUT2D eigenvalue weighted by molar-refractivity contribution is 5.40. The second kappa shape index (κ2) is 8.55. The smallest absolute Gasteiger partial charge is 0.119 e. The molecule has 0 bridgehead atoms. The molecule has 3 nitrogen and oxygen atoms in total. The monoisotopic (exact) mass is 342 g/mol. The zero-order valence-electron chi connectivity index (χ0n) is 15.7. The average molecular weight is 343 g/mol. The van der Waals surface area contributed by atoms with E-state index >= 15 is 0 Å². The van der Waals surface area contributed by atoms with Gasteiger partial charge in [0.25, 0.3) is 0 Å². The van der Waals surface area contributed by atoms with Gasteiger partial charge in [-0.25, -0.2) is 0 Å². The lowest BCUT2D eigenvalue weighted by Crippen LogP contribution is -2.32. The van der Waals surface area contributed by atoms with E-state index in [2.05, 4.69) is 28.0 Å². The molecule has 138 valence electrons. The molecular weight excluding hydrogens is 308 g/mol. The lowest BCUT2D eigenvalue weighted by atomic mass is 10.0. The highest BCUT2D eigenvalue weighted by atomic mass is 16.5. The van der Waals surface area contributed by atoms with Crippen LogP contribution in [0.15, 0.2) is 18.2 Å². The average Bonchev–Trinajstić information content (AvgIpc) is 3.10. The number of likely N-dealkylation sites (tertiary alicyclic amines) is 2. The fourth-order valence-electron chi connectivity index (χ4n) is 4.93. The molecule has 2 saturated heterocycles. The summed E-state index contributed by atoms with van der Waals surface area (Å²) in [5.41, 5.74) is 3.10. The number of ether oxygens (including phenoxy) is 1. The van der Waals surface area contributed by atoms with Crippen LogP contribution in [0, 0.1) is 0 Å². The van der Waals surface area contributed by atoms with Crippen LogP contribution in [0.2, 0.25) is 0 Å². The second-order valence-electron chi connectivity index (χ2n) is 8.12. The number of fused-ring (bicyclic) bond motifs is 1. The third-order valence-electron chi connectivity index (χ3n) is 6.33. The van der Waals surface area contributed by atoms with E-state index < -0.39 is 0 Å². The molecule has 1 atom stereocenters. The molecule has 2 heterocycles. The molecule has 3 aliphatic rings. The number of aryl methyl sites for hydroxylation is 1. The van der Waals surface area contributed by atoms with Crippen molar-refractivity contribution < 1.29 is 4.74 Å². The van der Waals surface area contributed by atoms with Crippen molar-refractivity contribution in [2.45, 2.75) is 63.8 Å². The predicted molar refractivity (Wildman–Crippen MR) is 103 cm³/mol. The normalized spacial score (nSPS) is 25.0. The lowest BCUT2D eigenvalue weighted by Gasteiger charge is -2.32. The van der Waals surface area contributed by atoms with Gasteiger partial charge in [0.1, 0.15) is 5.75 Å². The summed E-state index contributed by atoms with van der Waals surface area (Å²) in [7, 11) is 0. The number of piperidine rings is 2. The van der Waals surface area contributed by atoms with Gasteiger partial charge in [-0.2, -0.15) is 0 Å². The van der Waals surface area contributed by atoms with Crippen molar-refractivity contribution in [2.75, 3.05) is 39.3 Å². The van der Waals surface area contributed by atoms with E-state index in [1.807, 2.05) is 0 Å². The van der Waals surface area contributed by atoms with E-state index in [0.717, 1.165) is 18.8 Å². The standard InChI is InChI=1S/C22H34N2O/c1-3-12-23(13-4-1)14-7-17-25-20-9-10-21-19(18-20)8-11-22(21)24-15-5-2-6-16-24/h9-10,18,22H,1-8,11-17H2. The maximum absolute atomic E-state index is 6.06. The van der Waals surface area contributed by atoms with Crippen molar-refractivity contribution in [3.8, 4) is 5.75 Å². The molecule has 1 aromatic carbocycles. The molecule has 25 heavy (non-hydrogen) atoms. The maximum atomic E-state index is 6.06. The van der Waals surface area contributed by atoms with Gasteiger partial charge in [0, 0.05) is 12.6 Å². The van der Waals surface area contributed by atoms with Gasteiger partial charge in [-0.15, -0.1) is 0 Å². The molecule has 0 N–H and O–H groups in total. The molecular formula is C22H34N2O. The Balaban J connectivity index is 1.26. The van der Waals surface area contributed by atoms with Crippen LogP contribution in [-0.4, -0.2) is 49.1 Å². The minimum absolute atomic E-state index is 0.670. The quantitative estimate of drug-likeness (QED) is 0.712. The highest BCUT2D eigenvalue weighted by Crippen LogP contribution is 2.38. The van der Waals surface area contributed by atoms with Crippen molar-refractivity contribution in [1.29, 1.82) is 0 Å². The molecule has 1 aromatic rings. The van der Waals surface area contributed by atoms with Crippen LogP contribution in [0.25, 0.3) is 0 Å². The Labute approximate surface area is 153 Å². The topological polar surface area (TPSA) is 15.7 Å². The molecule has 0 amide bonds. The largest absolute Gasteiger partial charge is 0.494 e. The molecule has 2 fully saturated rings. The van der Waals surface area contributed by atoms with Crippen molar-refractivity contribution in [3.05, 3.63) is 29.3 Å². The molecule has 0 saturated carbocycles. The Kier molecular flexibility index (Phi) is 5.94. The highest BCUT2D eigenvalue weighted by Gasteiger charge is 2.28. The minimum atomic E-state index is 0.670. The number of nitrogens with zero attached hydrogens (tertiary/aromatic N) is 2. The fraction of sp³-hybridized carbons (Fsp3) is 0.727. The molecule has 0 radical (unpaired) electrons. The molecule has 2 aliphatic heterocycles. The van der Waals surface area contributed by atoms with Gasteiger partial charge >= 0.3 is 0 Å². The van der Waals surface area contributed by atoms with Crippen molar-refractivity contribution in [1.82, 2.24) is 9.80 Å². The number of hydrogen-bond acceptors (Lipinski definition) is 3. The van der Waals surface area contributed by atoms with E-state index in [0.29, 0.717) is 6.04 Å². The van der Waals surface area contributed by atoms with E-state index in [1.165, 1.54) is 89.7 Å². The van der Waals surface area contributed by atoms with Crippen molar-refractivity contribution in [2.24, 2.45) is 0 Å². The van der Waals surface area contributed by atoms with Crippen LogP contribution < -0.4 is 4.74 Å². The van der Waals surface area contributed by atoms with E-state index in [1.54, 1.807) is 5.56 Å². The maximum Gasteiger partial charge on any atom is 0.119 e. The molecule has 3 heteroatoms. The van der Waals surface area contributed by atoms with Crippen LogP contribution in [0.3, 0.4) is 0 Å². The fourth-order valence-corrected chi connectivity index (χ4v) is 4.93. The molecule has 0 spiro atoms. The SMILES string of the molecule is c1cc2c(cc1OCCCN1CCCCC1)CCC2N1CCCCC1. The first kappa shape index (κ1) is 17.4. The van der Waals surface area contributed by atoms with Crippen molar-refractivity contribution in [3.63, 3.8) is 0 Å². The summed E-state index contributed by atoms with van der Waals surface area (Å²) in [6.45, 7) is 7.21. The first-order valence-electron chi connectivity index (χ1n) is 10.6. The summed E-state index contributed by atoms with van der Waals surface area (Å²) < 4.78 is 6.06. The van der Waals surface area contributed by atoms with Gasteiger partial charge in [0.05, 0.1) is 6.61 Å². The van der Waals surface area contributed by atoms with Crippen LogP contribution in [0.5, 0.6) is 5.75 Å². The van der Waals surface area contributed by atoms with Gasteiger partial charge in [-0.05, 0) is 94.4 Å². The third-order valence-corrected chi connectivity index (χ3v) is 6.33. The van der Waals surface area contributed by atoms with Gasteiger partial charge < -0.3 is 9.64 Å². The Morgan fingerprint density at radius 3 is 2.48 bits per heavy atom. The van der Waals surface area contributed by atoms with E-state index in [9.17, 15) is 0 Å². The van der Waals surface area contributed by atoms with Crippen LogP contribution >= 0.6 is 0 Å². The molecule has 1 aliphatic carbocycles. The zero-order chi connectivity index (χ0) is 16.9. The summed E-state index contributed by atoms with van der Waals surface area (Å²) in [5, 5.41) is 0. The van der Waals surface area contributed by atoms with Crippen molar-refractivity contribution >= 4 is 0 Å². The lowest BCUT2D eigenvalue weighted by molar-refractivity contribution is 0.163. The third kappa shape index (κ3) is 4.38. The molecule has 4 rings (SSSR count). The zero-order valence-corrected chi connectivity index (χ0v) is 15.7. The Morgan fingerprint density at radius 2 is 1.68 bits per heavy atom. The molecule has 0 aromatic heterocycles. The number of rotatable bonds is 6. The first-order valence-corrected chi connectivity index (χ1v) is 10.6. The summed E-state index contributed by atoms with van der Waals surface area (Å²) in [6, 6.07) is 7.55. The van der Waals surface area contributed by atoms with Gasteiger partial charge in [0.15, 0.2) is 0 Å². The van der Waals surface area contributed by atoms with Gasteiger partial charge in [-0.3, -0.25) is 4.90 Å².